The first-order chi connectivity index (χ1) is 24.4. The minimum absolute atomic E-state index is 0.177. The number of rotatable bonds is 7. The predicted octanol–water partition coefficient (Wildman–Crippen LogP) is 6.00. The van der Waals surface area contributed by atoms with Gasteiger partial charge in [0.1, 0.15) is 23.1 Å². The highest BCUT2D eigenvalue weighted by molar-refractivity contribution is 6.01. The highest BCUT2D eigenvalue weighted by Gasteiger charge is 2.31. The van der Waals surface area contributed by atoms with Gasteiger partial charge in [0.25, 0.3) is 0 Å². The lowest BCUT2D eigenvalue weighted by atomic mass is 9.87. The topological polar surface area (TPSA) is 116 Å². The first kappa shape index (κ1) is 31.9. The van der Waals surface area contributed by atoms with Crippen LogP contribution in [-0.4, -0.2) is 74.8 Å². The van der Waals surface area contributed by atoms with Gasteiger partial charge in [-0.1, -0.05) is 18.2 Å². The molecule has 1 atom stereocenters. The first-order valence-electron chi connectivity index (χ1n) is 17.5. The zero-order valence-corrected chi connectivity index (χ0v) is 27.8. The Morgan fingerprint density at radius 3 is 2.32 bits per heavy atom. The van der Waals surface area contributed by atoms with Crippen LogP contribution < -0.4 is 15.5 Å². The van der Waals surface area contributed by atoms with Crippen LogP contribution in [0.1, 0.15) is 50.0 Å². The van der Waals surface area contributed by atoms with Gasteiger partial charge in [-0.3, -0.25) is 14.9 Å². The fraction of sp³-hybridized carbons (Fsp3) is 0.333. The molecule has 5 aromatic rings. The van der Waals surface area contributed by atoms with E-state index >= 15 is 4.39 Å². The third-order valence-corrected chi connectivity index (χ3v) is 10.6. The number of likely N-dealkylation sites (tertiary alicyclic amines) is 1. The summed E-state index contributed by atoms with van der Waals surface area (Å²) in [6.07, 6.45) is 6.73. The molecular formula is C39H40FN7O3. The maximum absolute atomic E-state index is 15.2. The monoisotopic (exact) mass is 673 g/mol. The lowest BCUT2D eigenvalue weighted by molar-refractivity contribution is -0.133. The highest BCUT2D eigenvalue weighted by Crippen LogP contribution is 2.34. The van der Waals surface area contributed by atoms with E-state index in [1.54, 1.807) is 12.1 Å². The Kier molecular flexibility index (Phi) is 8.66. The summed E-state index contributed by atoms with van der Waals surface area (Å²) in [5, 5.41) is 24.5. The molecule has 3 aromatic carbocycles. The van der Waals surface area contributed by atoms with Gasteiger partial charge < -0.3 is 24.8 Å². The number of imide groups is 1. The van der Waals surface area contributed by atoms with E-state index in [-0.39, 0.29) is 35.7 Å². The normalized spacial score (nSPS) is 19.5. The van der Waals surface area contributed by atoms with Crippen LogP contribution in [0.25, 0.3) is 28.0 Å². The largest absolute Gasteiger partial charge is 0.507 e. The van der Waals surface area contributed by atoms with E-state index in [2.05, 4.69) is 59.5 Å². The van der Waals surface area contributed by atoms with E-state index in [4.69, 9.17) is 0 Å². The summed E-state index contributed by atoms with van der Waals surface area (Å²) < 4.78 is 17.3. The van der Waals surface area contributed by atoms with Crippen molar-refractivity contribution in [1.82, 2.24) is 25.0 Å². The Labute approximate surface area is 289 Å². The van der Waals surface area contributed by atoms with Gasteiger partial charge in [-0.05, 0) is 117 Å². The lowest BCUT2D eigenvalue weighted by Crippen LogP contribution is -2.47. The average molecular weight is 674 g/mol. The number of hydrogen-bond acceptors (Lipinski definition) is 8. The number of carbonyl (C=O) groups excluding carboxylic acids is 2. The molecule has 1 unspecified atom stereocenters. The Bertz CT molecular complexity index is 2030. The molecule has 3 aliphatic heterocycles. The molecule has 50 heavy (non-hydrogen) atoms. The van der Waals surface area contributed by atoms with Gasteiger partial charge in [-0.2, -0.15) is 0 Å². The number of piperidine rings is 3. The van der Waals surface area contributed by atoms with Crippen LogP contribution in [0, 0.1) is 5.82 Å². The zero-order chi connectivity index (χ0) is 34.2. The number of fused-ring (bicyclic) bond motifs is 1. The van der Waals surface area contributed by atoms with Crippen LogP contribution in [0.3, 0.4) is 0 Å². The van der Waals surface area contributed by atoms with Crippen molar-refractivity contribution >= 4 is 34.2 Å². The van der Waals surface area contributed by atoms with Crippen molar-refractivity contribution in [2.24, 2.45) is 0 Å². The second-order valence-electron chi connectivity index (χ2n) is 13.6. The molecule has 10 nitrogen and oxygen atoms in total. The van der Waals surface area contributed by atoms with Crippen LogP contribution in [0.15, 0.2) is 85.1 Å². The molecule has 3 N–H and O–H groups in total. The number of halogens is 1. The summed E-state index contributed by atoms with van der Waals surface area (Å²) in [6.45, 7) is 3.90. The molecule has 8 rings (SSSR count). The van der Waals surface area contributed by atoms with Crippen molar-refractivity contribution < 1.29 is 19.1 Å². The maximum Gasteiger partial charge on any atom is 0.249 e. The predicted molar refractivity (Wildman–Crippen MR) is 191 cm³/mol. The molecule has 0 spiro atoms. The van der Waals surface area contributed by atoms with Crippen LogP contribution in [0.5, 0.6) is 5.75 Å². The summed E-state index contributed by atoms with van der Waals surface area (Å²) in [6, 6.07) is 24.9. The van der Waals surface area contributed by atoms with Gasteiger partial charge in [-0.15, -0.1) is 10.2 Å². The Morgan fingerprint density at radius 1 is 0.820 bits per heavy atom. The number of nitrogens with one attached hydrogen (secondary N) is 2. The van der Waals surface area contributed by atoms with Crippen molar-refractivity contribution in [2.45, 2.75) is 56.5 Å². The molecule has 11 heteroatoms. The number of phenolic OH excluding ortho intramolecular Hbond substituents is 1. The summed E-state index contributed by atoms with van der Waals surface area (Å²) >= 11 is 0. The summed E-state index contributed by atoms with van der Waals surface area (Å²) in [5.74, 6) is -0.510. The van der Waals surface area contributed by atoms with Crippen LogP contribution in [-0.2, 0) is 9.59 Å². The molecule has 256 valence electrons. The number of amides is 2. The fourth-order valence-corrected chi connectivity index (χ4v) is 7.84. The number of hydrogen-bond donors (Lipinski definition) is 3. The third kappa shape index (κ3) is 6.40. The van der Waals surface area contributed by atoms with Crippen LogP contribution >= 0.6 is 0 Å². The van der Waals surface area contributed by atoms with Crippen LogP contribution in [0.4, 0.5) is 15.8 Å². The minimum Gasteiger partial charge on any atom is -0.507 e. The van der Waals surface area contributed by atoms with E-state index < -0.39 is 6.04 Å². The number of carbonyl (C=O) groups is 2. The Balaban J connectivity index is 0.849. The molecule has 3 saturated heterocycles. The van der Waals surface area contributed by atoms with E-state index in [0.29, 0.717) is 29.4 Å². The lowest BCUT2D eigenvalue weighted by Gasteiger charge is -2.42. The van der Waals surface area contributed by atoms with Gasteiger partial charge in [0, 0.05) is 54.4 Å². The molecule has 5 heterocycles. The van der Waals surface area contributed by atoms with Crippen molar-refractivity contribution in [2.75, 3.05) is 36.4 Å². The second kappa shape index (κ2) is 13.5. The smallest absolute Gasteiger partial charge is 0.249 e. The molecule has 0 bridgehead atoms. The van der Waals surface area contributed by atoms with E-state index in [1.807, 2.05) is 42.6 Å². The van der Waals surface area contributed by atoms with E-state index in [1.165, 1.54) is 11.8 Å². The number of anilines is 2. The van der Waals surface area contributed by atoms with Gasteiger partial charge in [-0.25, -0.2) is 4.39 Å². The van der Waals surface area contributed by atoms with Gasteiger partial charge in [0.15, 0.2) is 0 Å². The summed E-state index contributed by atoms with van der Waals surface area (Å²) in [5.41, 5.74) is 6.55. The number of aromatic nitrogens is 3. The second-order valence-corrected chi connectivity index (χ2v) is 13.6. The Hall–Kier alpha value is -5.29. The highest BCUT2D eigenvalue weighted by atomic mass is 19.1. The molecule has 2 aromatic heterocycles. The number of phenols is 1. The maximum atomic E-state index is 15.2. The molecule has 2 amide bonds. The number of para-hydroxylation sites is 1. The van der Waals surface area contributed by atoms with Gasteiger partial charge in [0.05, 0.1) is 11.2 Å². The molecule has 0 saturated carbocycles. The summed E-state index contributed by atoms with van der Waals surface area (Å²) in [7, 11) is 0. The molecular weight excluding hydrogens is 633 g/mol. The number of aromatic hydroxyl groups is 1. The molecule has 3 aliphatic rings. The quantitative estimate of drug-likeness (QED) is 0.180. The Morgan fingerprint density at radius 2 is 1.58 bits per heavy atom. The zero-order valence-electron chi connectivity index (χ0n) is 27.8. The van der Waals surface area contributed by atoms with Gasteiger partial charge >= 0.3 is 0 Å². The first-order valence-corrected chi connectivity index (χ1v) is 17.5. The van der Waals surface area contributed by atoms with E-state index in [9.17, 15) is 14.7 Å². The van der Waals surface area contributed by atoms with Crippen molar-refractivity contribution in [3.8, 4) is 22.7 Å². The molecule has 3 fully saturated rings. The average Bonchev–Trinajstić information content (AvgIpc) is 3.57. The van der Waals surface area contributed by atoms with Gasteiger partial charge in [0.2, 0.25) is 11.8 Å². The van der Waals surface area contributed by atoms with Crippen LogP contribution in [0.2, 0.25) is 0 Å². The number of benzene rings is 3. The van der Waals surface area contributed by atoms with Crippen molar-refractivity contribution in [3.05, 3.63) is 96.4 Å². The van der Waals surface area contributed by atoms with Crippen molar-refractivity contribution in [1.29, 1.82) is 0 Å². The van der Waals surface area contributed by atoms with E-state index in [0.717, 1.165) is 74.1 Å². The summed E-state index contributed by atoms with van der Waals surface area (Å²) in [4.78, 5) is 28.6. The van der Waals surface area contributed by atoms with Crippen molar-refractivity contribution in [3.63, 3.8) is 0 Å². The minimum atomic E-state index is -0.528. The fourth-order valence-electron chi connectivity index (χ4n) is 7.84. The number of nitrogens with zero attached hydrogens (tertiary/aromatic N) is 5. The SMILES string of the molecule is O=C1CCC(Nc2ccc(C3CCN(C4CCN(c5ccc(-n6ccc7nnc(-c8ccccc8O)cc76)cc5)CC4)CC3)c(F)c2)C(=O)N1. The third-order valence-electron chi connectivity index (χ3n) is 10.6. The molecule has 0 radical (unpaired) electrons. The standard InChI is InChI=1S/C39H40FN7O3/c40-32-23-26(41-34-11-12-38(49)42-39(34)50)5-10-30(32)25-13-18-45(19-14-25)28-15-20-46(21-16-28)27-6-8-29(9-7-27)47-22-17-33-36(47)24-35(44-43-33)31-3-1-2-4-37(31)48/h1-10,17,22-25,28,34,41,48H,11-16,18-21H2,(H,42,49,50). The molecule has 0 aliphatic carbocycles.